The number of rotatable bonds is 7. The van der Waals surface area contributed by atoms with Crippen LogP contribution in [0.4, 0.5) is 0 Å². The van der Waals surface area contributed by atoms with Gasteiger partial charge in [0.05, 0.1) is 11.6 Å². The van der Waals surface area contributed by atoms with Gasteiger partial charge in [-0.25, -0.2) is 12.7 Å². The molecule has 0 saturated heterocycles. The van der Waals surface area contributed by atoms with Crippen LogP contribution in [0, 0.1) is 0 Å². The van der Waals surface area contributed by atoms with Gasteiger partial charge in [-0.3, -0.25) is 0 Å². The first kappa shape index (κ1) is 13.8. The molecule has 0 fully saturated rings. The number of ether oxygens (including phenoxy) is 1. The van der Waals surface area contributed by atoms with Gasteiger partial charge in [0.15, 0.2) is 0 Å². The van der Waals surface area contributed by atoms with Crippen molar-refractivity contribution in [2.24, 2.45) is 5.73 Å². The lowest BCUT2D eigenvalue weighted by molar-refractivity contribution is 0.138. The van der Waals surface area contributed by atoms with Crippen molar-refractivity contribution in [1.29, 1.82) is 0 Å². The van der Waals surface area contributed by atoms with Crippen LogP contribution < -0.4 is 5.73 Å². The third kappa shape index (κ3) is 5.48. The van der Waals surface area contributed by atoms with E-state index in [9.17, 15) is 8.42 Å². The van der Waals surface area contributed by atoms with Crippen LogP contribution in [-0.2, 0) is 14.8 Å². The Morgan fingerprint density at radius 2 is 2.14 bits per heavy atom. The molecule has 0 spiro atoms. The molecule has 0 aliphatic heterocycles. The van der Waals surface area contributed by atoms with Crippen LogP contribution in [0.2, 0.25) is 0 Å². The standard InChI is InChI=1S/C7H16N2O3S2/c1-3-12-5-4-9(2)14(10,11)6-7(8)13/h3-6H2,1-2H3,(H2,8,13). The molecule has 0 unspecified atom stereocenters. The molecule has 0 radical (unpaired) electrons. The van der Waals surface area contributed by atoms with Crippen LogP contribution in [0.3, 0.4) is 0 Å². The summed E-state index contributed by atoms with van der Waals surface area (Å²) in [4.78, 5) is -0.0201. The van der Waals surface area contributed by atoms with E-state index in [0.29, 0.717) is 19.8 Å². The lowest BCUT2D eigenvalue weighted by Crippen LogP contribution is -2.36. The maximum atomic E-state index is 11.4. The fourth-order valence-electron chi connectivity index (χ4n) is 0.766. The largest absolute Gasteiger partial charge is 0.392 e. The number of sulfonamides is 1. The molecule has 14 heavy (non-hydrogen) atoms. The first-order chi connectivity index (χ1) is 6.40. The van der Waals surface area contributed by atoms with Gasteiger partial charge < -0.3 is 10.5 Å². The Bertz CT molecular complexity index is 277. The Kier molecular flexibility index (Phi) is 6.17. The van der Waals surface area contributed by atoms with Crippen LogP contribution in [0.1, 0.15) is 6.92 Å². The molecule has 7 heteroatoms. The van der Waals surface area contributed by atoms with E-state index >= 15 is 0 Å². The molecule has 0 bridgehead atoms. The molecule has 0 amide bonds. The third-order valence-electron chi connectivity index (χ3n) is 1.55. The van der Waals surface area contributed by atoms with Gasteiger partial charge in [-0.15, -0.1) is 0 Å². The Morgan fingerprint density at radius 3 is 2.57 bits per heavy atom. The van der Waals surface area contributed by atoms with Crippen LogP contribution in [0.5, 0.6) is 0 Å². The second kappa shape index (κ2) is 6.28. The van der Waals surface area contributed by atoms with Crippen molar-refractivity contribution in [2.75, 3.05) is 32.6 Å². The molecular weight excluding hydrogens is 224 g/mol. The normalized spacial score (nSPS) is 11.9. The van der Waals surface area contributed by atoms with Crippen LogP contribution in [0.25, 0.3) is 0 Å². The fraction of sp³-hybridized carbons (Fsp3) is 0.857. The van der Waals surface area contributed by atoms with Crippen LogP contribution in [0.15, 0.2) is 0 Å². The third-order valence-corrected chi connectivity index (χ3v) is 3.69. The SMILES string of the molecule is CCOCCN(C)S(=O)(=O)CC(N)=S. The van der Waals surface area contributed by atoms with E-state index in [0.717, 1.165) is 0 Å². The summed E-state index contributed by atoms with van der Waals surface area (Å²) in [6, 6.07) is 0. The zero-order valence-electron chi connectivity index (χ0n) is 8.39. The van der Waals surface area contributed by atoms with Crippen molar-refractivity contribution < 1.29 is 13.2 Å². The number of hydrogen-bond acceptors (Lipinski definition) is 4. The molecule has 84 valence electrons. The molecule has 0 heterocycles. The Morgan fingerprint density at radius 1 is 1.57 bits per heavy atom. The lowest BCUT2D eigenvalue weighted by atomic mass is 10.7. The molecule has 0 rings (SSSR count). The smallest absolute Gasteiger partial charge is 0.220 e. The highest BCUT2D eigenvalue weighted by Gasteiger charge is 2.18. The molecule has 0 aliphatic rings. The number of likely N-dealkylation sites (N-methyl/N-ethyl adjacent to an activating group) is 1. The van der Waals surface area contributed by atoms with Crippen molar-refractivity contribution in [3.63, 3.8) is 0 Å². The summed E-state index contributed by atoms with van der Waals surface area (Å²) in [5.41, 5.74) is 5.17. The highest BCUT2D eigenvalue weighted by Crippen LogP contribution is 1.97. The van der Waals surface area contributed by atoms with E-state index in [-0.39, 0.29) is 10.7 Å². The minimum atomic E-state index is -3.35. The van der Waals surface area contributed by atoms with Gasteiger partial charge >= 0.3 is 0 Å². The van der Waals surface area contributed by atoms with Crippen molar-refractivity contribution in [1.82, 2.24) is 4.31 Å². The molecule has 0 saturated carbocycles. The highest BCUT2D eigenvalue weighted by atomic mass is 32.2. The maximum Gasteiger partial charge on any atom is 0.220 e. The molecule has 2 N–H and O–H groups in total. The summed E-state index contributed by atoms with van der Waals surface area (Å²) in [6.45, 7) is 3.12. The van der Waals surface area contributed by atoms with E-state index in [1.807, 2.05) is 6.92 Å². The number of nitrogens with zero attached hydrogens (tertiary/aromatic N) is 1. The average molecular weight is 240 g/mol. The van der Waals surface area contributed by atoms with E-state index in [1.54, 1.807) is 0 Å². The minimum absolute atomic E-state index is 0.0201. The topological polar surface area (TPSA) is 72.6 Å². The molecule has 0 aromatic rings. The van der Waals surface area contributed by atoms with E-state index in [4.69, 9.17) is 10.5 Å². The van der Waals surface area contributed by atoms with Gasteiger partial charge in [0.25, 0.3) is 0 Å². The van der Waals surface area contributed by atoms with Crippen LogP contribution >= 0.6 is 12.2 Å². The summed E-state index contributed by atoms with van der Waals surface area (Å²) in [7, 11) is -1.87. The zero-order valence-corrected chi connectivity index (χ0v) is 10.0. The fourth-order valence-corrected chi connectivity index (χ4v) is 2.15. The summed E-state index contributed by atoms with van der Waals surface area (Å²) in [5, 5.41) is 0. The van der Waals surface area contributed by atoms with Gasteiger partial charge in [-0.1, -0.05) is 12.2 Å². The van der Waals surface area contributed by atoms with E-state index < -0.39 is 10.0 Å². The molecule has 0 aromatic carbocycles. The first-order valence-corrected chi connectivity index (χ1v) is 6.22. The molecule has 0 aliphatic carbocycles. The minimum Gasteiger partial charge on any atom is -0.392 e. The molecule has 5 nitrogen and oxygen atoms in total. The number of thiocarbonyl (C=S) groups is 1. The van der Waals surface area contributed by atoms with E-state index in [2.05, 4.69) is 12.2 Å². The second-order valence-electron chi connectivity index (χ2n) is 2.74. The second-order valence-corrected chi connectivity index (χ2v) is 5.34. The van der Waals surface area contributed by atoms with Gasteiger partial charge in [0, 0.05) is 20.2 Å². The van der Waals surface area contributed by atoms with Crippen molar-refractivity contribution in [3.05, 3.63) is 0 Å². The monoisotopic (exact) mass is 240 g/mol. The summed E-state index contributed by atoms with van der Waals surface area (Å²) in [5.74, 6) is -0.287. The van der Waals surface area contributed by atoms with Crippen LogP contribution in [-0.4, -0.2) is 50.3 Å². The van der Waals surface area contributed by atoms with E-state index in [1.165, 1.54) is 11.4 Å². The van der Waals surface area contributed by atoms with Crippen molar-refractivity contribution in [2.45, 2.75) is 6.92 Å². The predicted octanol–water partition coefficient (Wildman–Crippen LogP) is -0.429. The Balaban J connectivity index is 4.08. The first-order valence-electron chi connectivity index (χ1n) is 4.20. The Labute approximate surface area is 90.3 Å². The Hall–Kier alpha value is -0.240. The van der Waals surface area contributed by atoms with Crippen molar-refractivity contribution >= 4 is 27.2 Å². The summed E-state index contributed by atoms with van der Waals surface area (Å²) in [6.07, 6.45) is 0. The zero-order chi connectivity index (χ0) is 11.2. The van der Waals surface area contributed by atoms with Gasteiger partial charge in [0.2, 0.25) is 10.0 Å². The van der Waals surface area contributed by atoms with Gasteiger partial charge in [-0.2, -0.15) is 0 Å². The molecular formula is C7H16N2O3S2. The number of nitrogens with two attached hydrogens (primary N) is 1. The molecule has 0 atom stereocenters. The van der Waals surface area contributed by atoms with Gasteiger partial charge in [-0.05, 0) is 6.92 Å². The predicted molar refractivity (Wildman–Crippen MR) is 59.7 cm³/mol. The van der Waals surface area contributed by atoms with Crippen molar-refractivity contribution in [3.8, 4) is 0 Å². The number of hydrogen-bond donors (Lipinski definition) is 1. The summed E-state index contributed by atoms with van der Waals surface area (Å²) >= 11 is 4.54. The average Bonchev–Trinajstić information content (AvgIpc) is 2.02. The summed E-state index contributed by atoms with van der Waals surface area (Å²) < 4.78 is 29.1. The highest BCUT2D eigenvalue weighted by molar-refractivity contribution is 7.92. The lowest BCUT2D eigenvalue weighted by Gasteiger charge is -2.16. The molecule has 0 aromatic heterocycles. The quantitative estimate of drug-likeness (QED) is 0.483. The van der Waals surface area contributed by atoms with Gasteiger partial charge in [0.1, 0.15) is 5.75 Å². The maximum absolute atomic E-state index is 11.4.